The normalized spacial score (nSPS) is 11.9. The van der Waals surface area contributed by atoms with Gasteiger partial charge in [0.15, 0.2) is 6.10 Å². The molecule has 9 heteroatoms. The number of anilines is 2. The van der Waals surface area contributed by atoms with E-state index >= 15 is 0 Å². The lowest BCUT2D eigenvalue weighted by atomic mass is 10.2. The van der Waals surface area contributed by atoms with E-state index in [9.17, 15) is 18.0 Å². The van der Waals surface area contributed by atoms with Crippen LogP contribution in [0.5, 0.6) is 5.75 Å². The van der Waals surface area contributed by atoms with Gasteiger partial charge in [-0.1, -0.05) is 30.3 Å². The van der Waals surface area contributed by atoms with Crippen LogP contribution in [0.15, 0.2) is 83.8 Å². The summed E-state index contributed by atoms with van der Waals surface area (Å²) in [5.41, 5.74) is 1.12. The van der Waals surface area contributed by atoms with Crippen molar-refractivity contribution in [2.75, 3.05) is 23.3 Å². The molecule has 0 bridgehead atoms. The van der Waals surface area contributed by atoms with Crippen LogP contribution in [0, 0.1) is 0 Å². The zero-order valence-electron chi connectivity index (χ0n) is 19.1. The predicted octanol–water partition coefficient (Wildman–Crippen LogP) is 4.09. The van der Waals surface area contributed by atoms with E-state index in [1.165, 1.54) is 43.2 Å². The van der Waals surface area contributed by atoms with Gasteiger partial charge in [0.2, 0.25) is 0 Å². The third-order valence-electron chi connectivity index (χ3n) is 5.03. The van der Waals surface area contributed by atoms with Gasteiger partial charge < -0.3 is 14.4 Å². The molecule has 0 fully saturated rings. The average Bonchev–Trinajstić information content (AvgIpc) is 2.85. The predicted molar refractivity (Wildman–Crippen MR) is 130 cm³/mol. The van der Waals surface area contributed by atoms with Crippen molar-refractivity contribution in [3.8, 4) is 5.75 Å². The number of nitrogens with zero attached hydrogens (tertiary/aromatic N) is 1. The van der Waals surface area contributed by atoms with E-state index in [0.717, 1.165) is 0 Å². The summed E-state index contributed by atoms with van der Waals surface area (Å²) in [6.45, 7) is 3.75. The van der Waals surface area contributed by atoms with Gasteiger partial charge in [-0.3, -0.25) is 9.52 Å². The van der Waals surface area contributed by atoms with E-state index in [4.69, 9.17) is 9.47 Å². The van der Waals surface area contributed by atoms with Crippen LogP contribution in [0.1, 0.15) is 24.2 Å². The van der Waals surface area contributed by atoms with Crippen LogP contribution in [0.25, 0.3) is 0 Å². The maximum Gasteiger partial charge on any atom is 0.338 e. The van der Waals surface area contributed by atoms with Crippen molar-refractivity contribution in [2.24, 2.45) is 0 Å². The Kier molecular flexibility index (Phi) is 7.91. The molecular formula is C25H26N2O6S. The Morgan fingerprint density at radius 1 is 0.941 bits per heavy atom. The minimum absolute atomic E-state index is 0.0414. The molecule has 1 atom stereocenters. The average molecular weight is 483 g/mol. The van der Waals surface area contributed by atoms with Crippen LogP contribution < -0.4 is 14.4 Å². The van der Waals surface area contributed by atoms with Crippen molar-refractivity contribution in [3.05, 3.63) is 84.4 Å². The van der Waals surface area contributed by atoms with Crippen molar-refractivity contribution in [1.82, 2.24) is 0 Å². The summed E-state index contributed by atoms with van der Waals surface area (Å²) < 4.78 is 38.4. The number of rotatable bonds is 9. The van der Waals surface area contributed by atoms with E-state index in [0.29, 0.717) is 23.7 Å². The first-order valence-corrected chi connectivity index (χ1v) is 12.1. The zero-order chi connectivity index (χ0) is 24.7. The minimum atomic E-state index is -3.91. The number of benzene rings is 3. The highest BCUT2D eigenvalue weighted by atomic mass is 32.2. The molecule has 178 valence electrons. The largest absolute Gasteiger partial charge is 0.495 e. The molecule has 0 spiro atoms. The Bertz CT molecular complexity index is 1240. The lowest BCUT2D eigenvalue weighted by molar-refractivity contribution is -0.126. The minimum Gasteiger partial charge on any atom is -0.495 e. The lowest BCUT2D eigenvalue weighted by Crippen LogP contribution is -2.40. The summed E-state index contributed by atoms with van der Waals surface area (Å²) in [4.78, 5) is 26.9. The Balaban J connectivity index is 1.69. The highest BCUT2D eigenvalue weighted by Gasteiger charge is 2.25. The van der Waals surface area contributed by atoms with Crippen LogP contribution in [0.3, 0.4) is 0 Å². The fourth-order valence-corrected chi connectivity index (χ4v) is 4.35. The Labute approximate surface area is 199 Å². The highest BCUT2D eigenvalue weighted by Crippen LogP contribution is 2.26. The number of para-hydroxylation sites is 3. The molecule has 0 aliphatic rings. The molecule has 34 heavy (non-hydrogen) atoms. The van der Waals surface area contributed by atoms with Gasteiger partial charge in [-0.2, -0.15) is 0 Å². The van der Waals surface area contributed by atoms with Gasteiger partial charge in [0, 0.05) is 12.2 Å². The van der Waals surface area contributed by atoms with Gasteiger partial charge in [-0.05, 0) is 62.4 Å². The van der Waals surface area contributed by atoms with E-state index in [1.54, 1.807) is 36.4 Å². The molecule has 0 saturated heterocycles. The van der Waals surface area contributed by atoms with Crippen LogP contribution >= 0.6 is 0 Å². The highest BCUT2D eigenvalue weighted by molar-refractivity contribution is 7.92. The molecule has 0 aliphatic carbocycles. The SMILES string of the molecule is CCN(C(=O)C(C)OC(=O)c1ccc(S(=O)(=O)Nc2ccccc2OC)cc1)c1ccccc1. The van der Waals surface area contributed by atoms with Crippen LogP contribution in [0.4, 0.5) is 11.4 Å². The molecule has 0 saturated carbocycles. The monoisotopic (exact) mass is 482 g/mol. The summed E-state index contributed by atoms with van der Waals surface area (Å²) >= 11 is 0. The topological polar surface area (TPSA) is 102 Å². The lowest BCUT2D eigenvalue weighted by Gasteiger charge is -2.24. The number of hydrogen-bond donors (Lipinski definition) is 1. The van der Waals surface area contributed by atoms with Gasteiger partial charge in [0.1, 0.15) is 5.75 Å². The number of likely N-dealkylation sites (N-methyl/N-ethyl adjacent to an activating group) is 1. The second-order valence-electron chi connectivity index (χ2n) is 7.30. The standard InChI is InChI=1S/C25H26N2O6S/c1-4-27(20-10-6-5-7-11-20)24(28)18(2)33-25(29)19-14-16-21(17-15-19)34(30,31)26-22-12-8-9-13-23(22)32-3/h5-18,26H,4H2,1-3H3. The van der Waals surface area contributed by atoms with Crippen molar-refractivity contribution >= 4 is 33.3 Å². The van der Waals surface area contributed by atoms with E-state index in [-0.39, 0.29) is 16.4 Å². The van der Waals surface area contributed by atoms with Crippen LogP contribution in [-0.2, 0) is 19.6 Å². The van der Waals surface area contributed by atoms with Gasteiger partial charge in [0.25, 0.3) is 15.9 Å². The summed E-state index contributed by atoms with van der Waals surface area (Å²) in [6, 6.07) is 21.0. The molecule has 0 aromatic heterocycles. The van der Waals surface area contributed by atoms with Crippen molar-refractivity contribution in [1.29, 1.82) is 0 Å². The molecule has 3 aromatic rings. The number of ether oxygens (including phenoxy) is 2. The number of methoxy groups -OCH3 is 1. The molecule has 1 amide bonds. The first kappa shape index (κ1) is 24.8. The fourth-order valence-electron chi connectivity index (χ4n) is 3.27. The number of carbonyl (C=O) groups excluding carboxylic acids is 2. The molecule has 0 radical (unpaired) electrons. The first-order chi connectivity index (χ1) is 16.3. The number of carbonyl (C=O) groups is 2. The third-order valence-corrected chi connectivity index (χ3v) is 6.41. The summed E-state index contributed by atoms with van der Waals surface area (Å²) in [7, 11) is -2.47. The van der Waals surface area contributed by atoms with Gasteiger partial charge in [0.05, 0.1) is 23.3 Å². The number of nitrogens with one attached hydrogen (secondary N) is 1. The second-order valence-corrected chi connectivity index (χ2v) is 8.98. The quantitative estimate of drug-likeness (QED) is 0.461. The molecule has 3 rings (SSSR count). The summed E-state index contributed by atoms with van der Waals surface area (Å²) in [5.74, 6) is -0.713. The Morgan fingerprint density at radius 2 is 1.56 bits per heavy atom. The molecule has 0 heterocycles. The van der Waals surface area contributed by atoms with Crippen molar-refractivity contribution in [3.63, 3.8) is 0 Å². The summed E-state index contributed by atoms with van der Waals surface area (Å²) in [5, 5.41) is 0. The third kappa shape index (κ3) is 5.74. The van der Waals surface area contributed by atoms with Crippen molar-refractivity contribution in [2.45, 2.75) is 24.8 Å². The number of sulfonamides is 1. The maximum atomic E-state index is 12.8. The van der Waals surface area contributed by atoms with Crippen LogP contribution in [-0.4, -0.2) is 40.1 Å². The number of amides is 1. The van der Waals surface area contributed by atoms with Crippen molar-refractivity contribution < 1.29 is 27.5 Å². The molecular weight excluding hydrogens is 456 g/mol. The Hall–Kier alpha value is -3.85. The van der Waals surface area contributed by atoms with E-state index in [2.05, 4.69) is 4.72 Å². The molecule has 3 aromatic carbocycles. The molecule has 0 aliphatic heterocycles. The number of esters is 1. The Morgan fingerprint density at radius 3 is 2.18 bits per heavy atom. The van der Waals surface area contributed by atoms with Gasteiger partial charge in [-0.25, -0.2) is 13.2 Å². The molecule has 1 N–H and O–H groups in total. The first-order valence-electron chi connectivity index (χ1n) is 10.6. The molecule has 1 unspecified atom stereocenters. The zero-order valence-corrected chi connectivity index (χ0v) is 19.9. The number of hydrogen-bond acceptors (Lipinski definition) is 6. The van der Waals surface area contributed by atoms with E-state index in [1.807, 2.05) is 25.1 Å². The second kappa shape index (κ2) is 10.8. The molecule has 8 nitrogen and oxygen atoms in total. The fraction of sp³-hybridized carbons (Fsp3) is 0.200. The van der Waals surface area contributed by atoms with Gasteiger partial charge >= 0.3 is 5.97 Å². The van der Waals surface area contributed by atoms with E-state index < -0.39 is 22.1 Å². The van der Waals surface area contributed by atoms with Crippen LogP contribution in [0.2, 0.25) is 0 Å². The maximum absolute atomic E-state index is 12.8. The summed E-state index contributed by atoms with van der Waals surface area (Å²) in [6.07, 6.45) is -1.02. The smallest absolute Gasteiger partial charge is 0.338 e. The van der Waals surface area contributed by atoms with Gasteiger partial charge in [-0.15, -0.1) is 0 Å².